The molecule has 0 aliphatic carbocycles. The lowest BCUT2D eigenvalue weighted by Gasteiger charge is -2.18. The quantitative estimate of drug-likeness (QED) is 0.0261. The van der Waals surface area contributed by atoms with Gasteiger partial charge in [0.2, 0.25) is 0 Å². The van der Waals surface area contributed by atoms with Gasteiger partial charge in [0.25, 0.3) is 0 Å². The number of esters is 3. The number of unbranched alkanes of at least 4 members (excludes halogenated alkanes) is 41. The number of ether oxygens (including phenoxy) is 3. The number of carbonyl (C=O) groups excluding carboxylic acids is 3. The van der Waals surface area contributed by atoms with Crippen LogP contribution in [0.15, 0.2) is 85.1 Å². The highest BCUT2D eigenvalue weighted by molar-refractivity contribution is 5.71. The summed E-state index contributed by atoms with van der Waals surface area (Å²) in [7, 11) is 0. The standard InChI is InChI=1S/C77H136O6/c1-4-7-10-13-16-19-22-25-28-31-34-36-37-38-39-41-43-46-49-52-55-58-61-64-67-70-76(79)82-73-74(72-81-75(78)69-66-63-60-57-54-51-48-45-42-33-30-27-24-21-18-15-12-9-6-3)83-77(80)71-68-65-62-59-56-53-50-47-44-40-35-32-29-26-23-20-17-14-11-8-5-2/h8,11,17,20,22,25-26,29,31,34-35,40,47,50,74H,4-7,9-10,12-16,18-19,21,23-24,27-28,30,32-33,36-39,41-46,48-49,51-73H2,1-3H3/b11-8-,20-17-,25-22-,29-26-,34-31-,40-35-,50-47-. The molecule has 0 fully saturated rings. The number of hydrogen-bond donors (Lipinski definition) is 0. The topological polar surface area (TPSA) is 78.9 Å². The van der Waals surface area contributed by atoms with Crippen LogP contribution in [0.5, 0.6) is 0 Å². The molecule has 0 aromatic rings. The zero-order valence-corrected chi connectivity index (χ0v) is 55.2. The highest BCUT2D eigenvalue weighted by atomic mass is 16.6. The van der Waals surface area contributed by atoms with E-state index in [1.807, 2.05) is 0 Å². The molecule has 0 spiro atoms. The number of rotatable bonds is 66. The van der Waals surface area contributed by atoms with E-state index in [4.69, 9.17) is 14.2 Å². The molecule has 0 amide bonds. The lowest BCUT2D eigenvalue weighted by atomic mass is 10.0. The highest BCUT2D eigenvalue weighted by Gasteiger charge is 2.19. The fraction of sp³-hybridized carbons (Fsp3) is 0.779. The Labute approximate surface area is 515 Å². The number of allylic oxidation sites excluding steroid dienone is 14. The van der Waals surface area contributed by atoms with Crippen molar-refractivity contribution in [2.75, 3.05) is 13.2 Å². The summed E-state index contributed by atoms with van der Waals surface area (Å²) in [6, 6.07) is 0. The maximum Gasteiger partial charge on any atom is 0.306 e. The summed E-state index contributed by atoms with van der Waals surface area (Å²) >= 11 is 0. The predicted octanol–water partition coefficient (Wildman–Crippen LogP) is 25.0. The fourth-order valence-corrected chi connectivity index (χ4v) is 10.5. The van der Waals surface area contributed by atoms with E-state index in [1.54, 1.807) is 0 Å². The zero-order chi connectivity index (χ0) is 59.9. The largest absolute Gasteiger partial charge is 0.462 e. The van der Waals surface area contributed by atoms with Crippen LogP contribution in [-0.4, -0.2) is 37.2 Å². The van der Waals surface area contributed by atoms with Crippen molar-refractivity contribution in [3.63, 3.8) is 0 Å². The maximum atomic E-state index is 13.0. The molecule has 6 nitrogen and oxygen atoms in total. The number of hydrogen-bond acceptors (Lipinski definition) is 6. The second-order valence-corrected chi connectivity index (χ2v) is 24.1. The molecule has 0 bridgehead atoms. The van der Waals surface area contributed by atoms with Gasteiger partial charge in [-0.05, 0) is 96.3 Å². The molecule has 0 aromatic heterocycles. The van der Waals surface area contributed by atoms with Crippen molar-refractivity contribution < 1.29 is 28.6 Å². The van der Waals surface area contributed by atoms with Crippen molar-refractivity contribution in [2.45, 2.75) is 374 Å². The Balaban J connectivity index is 4.37. The third-order valence-corrected chi connectivity index (χ3v) is 15.9. The van der Waals surface area contributed by atoms with E-state index in [0.717, 1.165) is 116 Å². The van der Waals surface area contributed by atoms with Gasteiger partial charge in [0.15, 0.2) is 6.10 Å². The average Bonchev–Trinajstić information content (AvgIpc) is 3.50. The summed E-state index contributed by atoms with van der Waals surface area (Å²) in [5.74, 6) is -0.879. The van der Waals surface area contributed by atoms with Crippen molar-refractivity contribution in [1.29, 1.82) is 0 Å². The van der Waals surface area contributed by atoms with Gasteiger partial charge < -0.3 is 14.2 Å². The van der Waals surface area contributed by atoms with Gasteiger partial charge in [-0.3, -0.25) is 14.4 Å². The summed E-state index contributed by atoms with van der Waals surface area (Å²) in [5, 5.41) is 0. The Morgan fingerprint density at radius 1 is 0.253 bits per heavy atom. The molecule has 6 heteroatoms. The third-order valence-electron chi connectivity index (χ3n) is 15.9. The van der Waals surface area contributed by atoms with Crippen LogP contribution in [0.1, 0.15) is 367 Å². The van der Waals surface area contributed by atoms with Crippen LogP contribution in [0.4, 0.5) is 0 Å². The first kappa shape index (κ1) is 79.6. The molecule has 0 N–H and O–H groups in total. The van der Waals surface area contributed by atoms with Crippen molar-refractivity contribution >= 4 is 17.9 Å². The number of carbonyl (C=O) groups is 3. The van der Waals surface area contributed by atoms with Crippen LogP contribution in [0.2, 0.25) is 0 Å². The second-order valence-electron chi connectivity index (χ2n) is 24.1. The van der Waals surface area contributed by atoms with Gasteiger partial charge in [0.05, 0.1) is 0 Å². The first-order chi connectivity index (χ1) is 41.0. The van der Waals surface area contributed by atoms with E-state index in [-0.39, 0.29) is 31.1 Å². The lowest BCUT2D eigenvalue weighted by Crippen LogP contribution is -2.30. The molecule has 0 radical (unpaired) electrons. The summed E-state index contributed by atoms with van der Waals surface area (Å²) in [6.45, 7) is 6.56. The zero-order valence-electron chi connectivity index (χ0n) is 55.2. The molecule has 83 heavy (non-hydrogen) atoms. The molecule has 1 unspecified atom stereocenters. The Kier molecular flexibility index (Phi) is 68.2. The normalized spacial score (nSPS) is 12.6. The average molecular weight is 1160 g/mol. The molecular weight excluding hydrogens is 1020 g/mol. The third kappa shape index (κ3) is 69.3. The fourth-order valence-electron chi connectivity index (χ4n) is 10.5. The van der Waals surface area contributed by atoms with E-state index < -0.39 is 6.10 Å². The first-order valence-corrected chi connectivity index (χ1v) is 36.1. The van der Waals surface area contributed by atoms with Gasteiger partial charge in [-0.2, -0.15) is 0 Å². The van der Waals surface area contributed by atoms with Crippen LogP contribution in [0.25, 0.3) is 0 Å². The molecule has 1 atom stereocenters. The summed E-state index contributed by atoms with van der Waals surface area (Å²) < 4.78 is 17.0. The van der Waals surface area contributed by atoms with Gasteiger partial charge in [-0.1, -0.05) is 337 Å². The van der Waals surface area contributed by atoms with E-state index in [1.165, 1.54) is 212 Å². The van der Waals surface area contributed by atoms with Gasteiger partial charge in [0, 0.05) is 19.3 Å². The minimum atomic E-state index is -0.788. The lowest BCUT2D eigenvalue weighted by molar-refractivity contribution is -0.167. The predicted molar refractivity (Wildman–Crippen MR) is 362 cm³/mol. The monoisotopic (exact) mass is 1160 g/mol. The molecule has 0 aliphatic heterocycles. The van der Waals surface area contributed by atoms with Crippen LogP contribution < -0.4 is 0 Å². The van der Waals surface area contributed by atoms with Crippen LogP contribution in [-0.2, 0) is 28.6 Å². The van der Waals surface area contributed by atoms with E-state index >= 15 is 0 Å². The van der Waals surface area contributed by atoms with Crippen molar-refractivity contribution in [2.24, 2.45) is 0 Å². The van der Waals surface area contributed by atoms with E-state index in [2.05, 4.69) is 106 Å². The van der Waals surface area contributed by atoms with Gasteiger partial charge in [-0.15, -0.1) is 0 Å². The minimum absolute atomic E-state index is 0.0809. The van der Waals surface area contributed by atoms with Crippen molar-refractivity contribution in [1.82, 2.24) is 0 Å². The maximum absolute atomic E-state index is 13.0. The molecule has 0 aromatic carbocycles. The van der Waals surface area contributed by atoms with Crippen molar-refractivity contribution in [3.8, 4) is 0 Å². The van der Waals surface area contributed by atoms with Gasteiger partial charge >= 0.3 is 17.9 Å². The summed E-state index contributed by atoms with van der Waals surface area (Å²) in [6.07, 6.45) is 94.6. The van der Waals surface area contributed by atoms with Crippen molar-refractivity contribution in [3.05, 3.63) is 85.1 Å². The highest BCUT2D eigenvalue weighted by Crippen LogP contribution is 2.18. The summed E-state index contributed by atoms with van der Waals surface area (Å²) in [4.78, 5) is 38.5. The SMILES string of the molecule is CC/C=C\C/C=C\C/C=C\C/C=C\C/C=C\CCCCCCCC(=O)OC(COC(=O)CCCCCCCCCCCCCCC/C=C\C/C=C\CCCCCCC)COC(=O)CCCCCCCCCCCCCCCCCCCCC. The van der Waals surface area contributed by atoms with Gasteiger partial charge in [0.1, 0.15) is 13.2 Å². The summed E-state index contributed by atoms with van der Waals surface area (Å²) in [5.41, 5.74) is 0. The van der Waals surface area contributed by atoms with Crippen LogP contribution in [0.3, 0.4) is 0 Å². The van der Waals surface area contributed by atoms with Crippen LogP contribution >= 0.6 is 0 Å². The molecule has 0 rings (SSSR count). The van der Waals surface area contributed by atoms with E-state index in [0.29, 0.717) is 19.3 Å². The molecular formula is C77H136O6. The Morgan fingerprint density at radius 2 is 0.470 bits per heavy atom. The Morgan fingerprint density at radius 3 is 0.735 bits per heavy atom. The molecule has 480 valence electrons. The Bertz CT molecular complexity index is 1570. The van der Waals surface area contributed by atoms with Gasteiger partial charge in [-0.25, -0.2) is 0 Å². The molecule has 0 saturated heterocycles. The smallest absolute Gasteiger partial charge is 0.306 e. The second kappa shape index (κ2) is 71.1. The first-order valence-electron chi connectivity index (χ1n) is 36.1. The van der Waals surface area contributed by atoms with Crippen LogP contribution in [0, 0.1) is 0 Å². The van der Waals surface area contributed by atoms with E-state index in [9.17, 15) is 14.4 Å². The molecule has 0 saturated carbocycles. The Hall–Kier alpha value is -3.41. The molecule has 0 aliphatic rings. The molecule has 0 heterocycles. The minimum Gasteiger partial charge on any atom is -0.462 e.